The standard InChI is InChI=1S/C39H38N3O7PS.C25H26N3O7PS.C24H23N3O3S/c1-28(2)40-26-42(36-32-18-10-9-17-31(32)25-51-35-20-12-11-19-33(35)36)41-22-21-34(43)38(37(41)39(40)44)46-27-49-50(45,47-23-29-13-5-3-6-14-29)48-24-30-15-7-4-8-16-30;1-16(2)26-14-28(22-18-8-4-3-7-17(18)13-37-21-10-6-5-9-19(21)22)27-12-11-20(29)24(23(27)25(26)30)34-15-35-36(31,32)33;1-15(2)25-14-27(26-12-11-19(28)23(29)22(26)24(25)30)21-17-8-4-3-7-16(17)13-31-20-10-6-5-9-18(20)21/h3-22,28,36H,23-27H2,1-2H3;3-12,16,22H,13-15H2,1-2H3,(H2,31,32,33);3-12,15,21,29H,13-14H2,1-2H3. The van der Waals surface area contributed by atoms with Gasteiger partial charge in [0, 0.05) is 86.9 Å². The van der Waals surface area contributed by atoms with E-state index in [9.17, 15) is 43.0 Å². The van der Waals surface area contributed by atoms with Crippen LogP contribution in [-0.4, -0.2) is 113 Å². The molecule has 3 atom stereocenters. The molecule has 0 fully saturated rings. The highest BCUT2D eigenvalue weighted by Crippen LogP contribution is 2.52. The first-order valence-corrected chi connectivity index (χ1v) is 44.5. The molecule has 119 heavy (non-hydrogen) atoms. The molecule has 3 aromatic heterocycles. The number of phosphoric acid groups is 2. The fourth-order valence-electron chi connectivity index (χ4n) is 15.2. The molecular weight excluding hydrogens is 1610 g/mol. The Morgan fingerprint density at radius 1 is 0.370 bits per heavy atom. The Labute approximate surface area is 699 Å². The molecule has 0 radical (unpaired) electrons. The average Bonchev–Trinajstić information content (AvgIpc) is 1.69. The van der Waals surface area contributed by atoms with Crippen LogP contribution in [0, 0.1) is 0 Å². The molecule has 11 aromatic rings. The first-order chi connectivity index (χ1) is 57.4. The number of ether oxygens (including phenoxy) is 2. The molecule has 9 heterocycles. The van der Waals surface area contributed by atoms with Crippen LogP contribution in [-0.2, 0) is 57.7 Å². The van der Waals surface area contributed by atoms with Crippen molar-refractivity contribution in [1.82, 2.24) is 28.7 Å². The highest BCUT2D eigenvalue weighted by Gasteiger charge is 2.44. The van der Waals surface area contributed by atoms with E-state index in [0.29, 0.717) is 6.67 Å². The lowest BCUT2D eigenvalue weighted by molar-refractivity contribution is 0.0408. The molecule has 6 aliphatic heterocycles. The van der Waals surface area contributed by atoms with Crippen molar-refractivity contribution in [2.75, 3.05) is 48.6 Å². The second kappa shape index (κ2) is 36.0. The molecule has 8 aromatic carbocycles. The number of hydrogen-bond acceptors (Lipinski definition) is 21. The minimum Gasteiger partial charge on any atom is -0.502 e. The third kappa shape index (κ3) is 17.6. The fourth-order valence-corrected chi connectivity index (χ4v) is 19.7. The van der Waals surface area contributed by atoms with Crippen molar-refractivity contribution >= 4 is 68.7 Å². The number of aromatic hydroxyl groups is 1. The maximum absolute atomic E-state index is 14.2. The van der Waals surface area contributed by atoms with Crippen LogP contribution in [0.5, 0.6) is 17.2 Å². The number of rotatable bonds is 20. The van der Waals surface area contributed by atoms with Crippen molar-refractivity contribution in [3.8, 4) is 17.2 Å². The van der Waals surface area contributed by atoms with Gasteiger partial charge >= 0.3 is 15.6 Å². The molecular formula is C88H87N9O17P2S3. The average molecular weight is 1700 g/mol. The summed E-state index contributed by atoms with van der Waals surface area (Å²) in [5.74, 6) is 0.231. The van der Waals surface area contributed by atoms with Crippen molar-refractivity contribution in [1.29, 1.82) is 0 Å². The van der Waals surface area contributed by atoms with E-state index in [1.807, 2.05) is 180 Å². The monoisotopic (exact) mass is 1700 g/mol. The zero-order valence-corrected chi connectivity index (χ0v) is 70.1. The van der Waals surface area contributed by atoms with Gasteiger partial charge < -0.3 is 39.1 Å². The van der Waals surface area contributed by atoms with Crippen LogP contribution >= 0.6 is 50.9 Å². The van der Waals surface area contributed by atoms with Gasteiger partial charge in [0.15, 0.2) is 22.8 Å². The van der Waals surface area contributed by atoms with E-state index < -0.39 is 57.2 Å². The van der Waals surface area contributed by atoms with Crippen LogP contribution in [0.3, 0.4) is 0 Å². The number of aromatic nitrogens is 3. The molecule has 0 bridgehead atoms. The summed E-state index contributed by atoms with van der Waals surface area (Å²) in [7, 11) is -9.07. The topological polar surface area (TPSA) is 287 Å². The number of carbonyl (C=O) groups excluding carboxylic acids is 3. The summed E-state index contributed by atoms with van der Waals surface area (Å²) in [5, 5.41) is 16.7. The molecule has 0 saturated carbocycles. The number of hydrogen-bond donors (Lipinski definition) is 3. The normalized spacial score (nSPS) is 16.7. The van der Waals surface area contributed by atoms with E-state index in [-0.39, 0.29) is 103 Å². The SMILES string of the molecule is CC(C)N1CN(C2c3ccccc3CSc3ccccc32)n2ccc(=O)c(O)c2C1=O.CC(C)N1CN(C2c3ccccc3CSc3ccccc32)n2ccc(=O)c(OCOP(=O)(O)O)c2C1=O.CC(C)N1CN(C2c3ccccc3CSc3ccccc32)n2ccc(=O)c(OCOP(=O)(OCc3ccccc3)OCc3ccccc3)c2C1=O. The van der Waals surface area contributed by atoms with Gasteiger partial charge in [0.25, 0.3) is 17.7 Å². The Bertz CT molecular complexity index is 5720. The number of thioether (sulfide) groups is 3. The van der Waals surface area contributed by atoms with Crippen LogP contribution in [0.2, 0.25) is 0 Å². The molecule has 17 rings (SSSR count). The predicted molar refractivity (Wildman–Crippen MR) is 455 cm³/mol. The summed E-state index contributed by atoms with van der Waals surface area (Å²) >= 11 is 5.32. The van der Waals surface area contributed by atoms with E-state index in [1.165, 1.54) is 40.4 Å². The summed E-state index contributed by atoms with van der Waals surface area (Å²) in [6.07, 6.45) is 4.74. The van der Waals surface area contributed by atoms with Gasteiger partial charge in [0.1, 0.15) is 20.0 Å². The quantitative estimate of drug-likeness (QED) is 0.0472. The van der Waals surface area contributed by atoms with E-state index in [2.05, 4.69) is 87.3 Å². The first kappa shape index (κ1) is 83.2. The van der Waals surface area contributed by atoms with Crippen LogP contribution in [0.1, 0.15) is 152 Å². The molecule has 6 aliphatic rings. The summed E-state index contributed by atoms with van der Waals surface area (Å²) in [6, 6.07) is 70.6. The second-order valence-electron chi connectivity index (χ2n) is 29.5. The summed E-state index contributed by atoms with van der Waals surface area (Å²) < 4.78 is 63.0. The van der Waals surface area contributed by atoms with Crippen molar-refractivity contribution < 1.29 is 66.0 Å². The van der Waals surface area contributed by atoms with Crippen LogP contribution < -0.4 is 40.8 Å². The highest BCUT2D eigenvalue weighted by atomic mass is 32.2. The minimum absolute atomic E-state index is 0.0133. The van der Waals surface area contributed by atoms with E-state index in [0.717, 1.165) is 77.1 Å². The zero-order valence-electron chi connectivity index (χ0n) is 65.8. The summed E-state index contributed by atoms with van der Waals surface area (Å²) in [6.45, 7) is 10.7. The predicted octanol–water partition coefficient (Wildman–Crippen LogP) is 15.1. The number of benzene rings is 8. The van der Waals surface area contributed by atoms with Gasteiger partial charge in [-0.25, -0.2) is 18.2 Å². The highest BCUT2D eigenvalue weighted by molar-refractivity contribution is 7.99. The van der Waals surface area contributed by atoms with Crippen molar-refractivity contribution in [3.05, 3.63) is 352 Å². The molecule has 0 aliphatic carbocycles. The van der Waals surface area contributed by atoms with Gasteiger partial charge in [-0.2, -0.15) is 0 Å². The smallest absolute Gasteiger partial charge is 0.478 e. The zero-order chi connectivity index (χ0) is 83.4. The number of amides is 3. The number of nitrogens with zero attached hydrogens (tertiary/aromatic N) is 9. The molecule has 3 amide bonds. The second-order valence-corrected chi connectivity index (χ2v) is 35.5. The molecule has 3 unspecified atom stereocenters. The third-order valence-corrected chi connectivity index (χ3v) is 26.3. The van der Waals surface area contributed by atoms with Gasteiger partial charge in [-0.15, -0.1) is 35.3 Å². The van der Waals surface area contributed by atoms with Crippen molar-refractivity contribution in [2.45, 2.75) is 123 Å². The Hall–Kier alpha value is -10.9. The Morgan fingerprint density at radius 2 is 0.672 bits per heavy atom. The molecule has 31 heteroatoms. The van der Waals surface area contributed by atoms with Crippen LogP contribution in [0.15, 0.2) is 272 Å². The lowest BCUT2D eigenvalue weighted by Gasteiger charge is -2.45. The molecule has 3 N–H and O–H groups in total. The summed E-state index contributed by atoms with van der Waals surface area (Å²) in [4.78, 5) is 106. The molecule has 26 nitrogen and oxygen atoms in total. The van der Waals surface area contributed by atoms with Gasteiger partial charge in [-0.1, -0.05) is 188 Å². The van der Waals surface area contributed by atoms with Crippen molar-refractivity contribution in [2.24, 2.45) is 0 Å². The van der Waals surface area contributed by atoms with Crippen molar-refractivity contribution in [3.63, 3.8) is 0 Å². The number of pyridine rings is 3. The molecule has 0 saturated heterocycles. The maximum Gasteiger partial charge on any atom is 0.478 e. The third-order valence-electron chi connectivity index (χ3n) is 21.1. The van der Waals surface area contributed by atoms with E-state index in [1.54, 1.807) is 76.4 Å². The lowest BCUT2D eigenvalue weighted by atomic mass is 9.94. The Morgan fingerprint density at radius 3 is 1.03 bits per heavy atom. The van der Waals surface area contributed by atoms with Gasteiger partial charge in [-0.3, -0.25) is 66.9 Å². The molecule has 0 spiro atoms. The largest absolute Gasteiger partial charge is 0.502 e. The number of fused-ring (bicyclic) bond motifs is 9. The van der Waals surface area contributed by atoms with Gasteiger partial charge in [0.2, 0.25) is 41.4 Å². The molecule has 614 valence electrons. The van der Waals surface area contributed by atoms with Gasteiger partial charge in [-0.05, 0) is 121 Å². The number of phosphoric ester groups is 2. The maximum atomic E-state index is 14.2. The van der Waals surface area contributed by atoms with Gasteiger partial charge in [0.05, 0.1) is 31.3 Å². The summed E-state index contributed by atoms with van der Waals surface area (Å²) in [5.41, 5.74) is 10.1. The van der Waals surface area contributed by atoms with Crippen LogP contribution in [0.25, 0.3) is 0 Å². The lowest BCUT2D eigenvalue weighted by Crippen LogP contribution is -2.57. The Kier molecular flexibility index (Phi) is 25.1. The fraction of sp³-hybridized carbons (Fsp3) is 0.250. The van der Waals surface area contributed by atoms with E-state index in [4.69, 9.17) is 32.8 Å². The van der Waals surface area contributed by atoms with Crippen LogP contribution in [0.4, 0.5) is 0 Å². The Balaban J connectivity index is 0.000000144. The van der Waals surface area contributed by atoms with E-state index >= 15 is 0 Å². The first-order valence-electron chi connectivity index (χ1n) is 38.6. The minimum atomic E-state index is -4.84. The number of carbonyl (C=O) groups is 3.